The zero-order chi connectivity index (χ0) is 19.6. The van der Waals surface area contributed by atoms with Crippen molar-refractivity contribution < 1.29 is 23.0 Å². The third-order valence-corrected chi connectivity index (χ3v) is 4.81. The number of hydrogen-bond donors (Lipinski definition) is 0. The van der Waals surface area contributed by atoms with Gasteiger partial charge in [0, 0.05) is 12.1 Å². The molecule has 0 N–H and O–H groups in total. The van der Waals surface area contributed by atoms with E-state index in [9.17, 15) is 13.6 Å². The van der Waals surface area contributed by atoms with Gasteiger partial charge in [-0.25, -0.2) is 8.78 Å². The van der Waals surface area contributed by atoms with Gasteiger partial charge in [-0.1, -0.05) is 17.3 Å². The summed E-state index contributed by atoms with van der Waals surface area (Å²) in [5, 5.41) is 0. The molecule has 0 radical (unpaired) electrons. The normalized spacial score (nSPS) is 11.4. The summed E-state index contributed by atoms with van der Waals surface area (Å²) in [5.74, 6) is 1.10. The summed E-state index contributed by atoms with van der Waals surface area (Å²) in [5.41, 5.74) is 0.308. The first kappa shape index (κ1) is 18.6. The fraction of sp³-hybridized carbons (Fsp3) is 0.158. The van der Waals surface area contributed by atoms with E-state index < -0.39 is 17.5 Å². The van der Waals surface area contributed by atoms with Gasteiger partial charge in [0.15, 0.2) is 10.6 Å². The molecule has 138 valence electrons. The van der Waals surface area contributed by atoms with Crippen LogP contribution in [0, 0.1) is 24.0 Å². The zero-order valence-electron chi connectivity index (χ0n) is 14.5. The number of fused-ring (bicyclic) bond motifs is 1. The number of terminal acetylenes is 1. The summed E-state index contributed by atoms with van der Waals surface area (Å²) in [6.45, 7) is -0.0194. The molecule has 0 atom stereocenters. The van der Waals surface area contributed by atoms with E-state index in [1.165, 1.54) is 30.9 Å². The van der Waals surface area contributed by atoms with Crippen molar-refractivity contribution >= 4 is 27.5 Å². The molecular formula is C19H14F2N2O3S. The van der Waals surface area contributed by atoms with E-state index in [0.717, 1.165) is 17.4 Å². The smallest absolute Gasteiger partial charge is 0.283 e. The topological polar surface area (TPSA) is 52.8 Å². The number of aromatic nitrogens is 1. The zero-order valence-corrected chi connectivity index (χ0v) is 15.3. The Hall–Kier alpha value is -3.18. The molecule has 1 amide bonds. The maximum Gasteiger partial charge on any atom is 0.283 e. The van der Waals surface area contributed by atoms with Crippen LogP contribution >= 0.6 is 11.3 Å². The van der Waals surface area contributed by atoms with Gasteiger partial charge < -0.3 is 14.0 Å². The molecule has 1 heterocycles. The molecule has 0 unspecified atom stereocenters. The Morgan fingerprint density at radius 2 is 2.04 bits per heavy atom. The van der Waals surface area contributed by atoms with Crippen molar-refractivity contribution in [2.24, 2.45) is 4.99 Å². The van der Waals surface area contributed by atoms with Crippen LogP contribution in [-0.4, -0.2) is 24.7 Å². The molecule has 0 saturated carbocycles. The van der Waals surface area contributed by atoms with Gasteiger partial charge in [-0.15, -0.1) is 6.42 Å². The van der Waals surface area contributed by atoms with Crippen LogP contribution in [0.15, 0.2) is 35.3 Å². The van der Waals surface area contributed by atoms with E-state index in [1.807, 2.05) is 0 Å². The van der Waals surface area contributed by atoms with E-state index in [1.54, 1.807) is 12.1 Å². The standard InChI is InChI=1S/C19H14F2N2O3S/c1-4-7-23-17-14(21)8-11(20)9-16(17)27-19(23)22-18(24)13-6-5-12(25-2)10-15(13)26-3/h1,5-6,8-10H,7H2,2-3H3. The van der Waals surface area contributed by atoms with Crippen molar-refractivity contribution in [1.29, 1.82) is 0 Å². The number of carbonyl (C=O) groups is 1. The molecule has 0 fully saturated rings. The van der Waals surface area contributed by atoms with E-state index in [0.29, 0.717) is 10.4 Å². The Kier molecular flexibility index (Phi) is 5.23. The molecule has 3 aromatic rings. The first-order valence-corrected chi connectivity index (χ1v) is 8.53. The van der Waals surface area contributed by atoms with E-state index in [-0.39, 0.29) is 28.2 Å². The quantitative estimate of drug-likeness (QED) is 0.644. The van der Waals surface area contributed by atoms with Crippen molar-refractivity contribution in [2.45, 2.75) is 6.54 Å². The number of nitrogens with zero attached hydrogens (tertiary/aromatic N) is 2. The molecule has 0 aliphatic carbocycles. The third-order valence-electron chi connectivity index (χ3n) is 3.78. The highest BCUT2D eigenvalue weighted by Gasteiger charge is 2.16. The second-order valence-electron chi connectivity index (χ2n) is 5.39. The Labute approximate surface area is 157 Å². The average molecular weight is 388 g/mol. The van der Waals surface area contributed by atoms with Crippen LogP contribution in [-0.2, 0) is 6.54 Å². The lowest BCUT2D eigenvalue weighted by Crippen LogP contribution is -2.17. The van der Waals surface area contributed by atoms with Gasteiger partial charge in [0.05, 0.1) is 36.5 Å². The van der Waals surface area contributed by atoms with Crippen LogP contribution in [0.2, 0.25) is 0 Å². The van der Waals surface area contributed by atoms with E-state index >= 15 is 0 Å². The number of methoxy groups -OCH3 is 2. The second kappa shape index (κ2) is 7.60. The molecule has 1 aromatic heterocycles. The minimum atomic E-state index is -0.771. The highest BCUT2D eigenvalue weighted by molar-refractivity contribution is 7.16. The maximum atomic E-state index is 14.2. The highest BCUT2D eigenvalue weighted by Crippen LogP contribution is 2.26. The van der Waals surface area contributed by atoms with Crippen LogP contribution in [0.5, 0.6) is 11.5 Å². The van der Waals surface area contributed by atoms with Crippen molar-refractivity contribution in [2.75, 3.05) is 14.2 Å². The summed E-state index contributed by atoms with van der Waals surface area (Å²) < 4.78 is 39.7. The average Bonchev–Trinajstić information content (AvgIpc) is 2.98. The lowest BCUT2D eigenvalue weighted by Gasteiger charge is -2.07. The fourth-order valence-electron chi connectivity index (χ4n) is 2.57. The minimum Gasteiger partial charge on any atom is -0.497 e. The van der Waals surface area contributed by atoms with E-state index in [2.05, 4.69) is 10.9 Å². The number of carbonyl (C=O) groups excluding carboxylic acids is 1. The number of hydrogen-bond acceptors (Lipinski definition) is 4. The van der Waals surface area contributed by atoms with Crippen LogP contribution in [0.3, 0.4) is 0 Å². The van der Waals surface area contributed by atoms with Crippen molar-refractivity contribution in [3.05, 3.63) is 52.3 Å². The van der Waals surface area contributed by atoms with Gasteiger partial charge in [-0.05, 0) is 18.2 Å². The molecule has 0 aliphatic heterocycles. The number of halogens is 2. The first-order valence-electron chi connectivity index (χ1n) is 7.71. The highest BCUT2D eigenvalue weighted by atomic mass is 32.1. The Bertz CT molecular complexity index is 1140. The summed E-state index contributed by atoms with van der Waals surface area (Å²) in [7, 11) is 2.91. The predicted molar refractivity (Wildman–Crippen MR) is 98.0 cm³/mol. The maximum absolute atomic E-state index is 14.2. The monoisotopic (exact) mass is 388 g/mol. The van der Waals surface area contributed by atoms with Gasteiger partial charge in [0.2, 0.25) is 0 Å². The van der Waals surface area contributed by atoms with Crippen molar-refractivity contribution in [1.82, 2.24) is 4.57 Å². The molecule has 3 rings (SSSR count). The summed E-state index contributed by atoms with van der Waals surface area (Å²) in [6, 6.07) is 6.61. The van der Waals surface area contributed by atoms with E-state index in [4.69, 9.17) is 15.9 Å². The Morgan fingerprint density at radius 3 is 2.70 bits per heavy atom. The lowest BCUT2D eigenvalue weighted by atomic mass is 10.2. The van der Waals surface area contributed by atoms with Crippen LogP contribution in [0.25, 0.3) is 10.2 Å². The molecule has 0 aliphatic rings. The molecule has 0 saturated heterocycles. The largest absolute Gasteiger partial charge is 0.497 e. The summed E-state index contributed by atoms with van der Waals surface area (Å²) in [6.07, 6.45) is 5.36. The number of benzene rings is 2. The molecule has 8 heteroatoms. The van der Waals surface area contributed by atoms with Gasteiger partial charge in [-0.3, -0.25) is 4.79 Å². The van der Waals surface area contributed by atoms with Gasteiger partial charge in [0.1, 0.15) is 17.3 Å². The molecule has 2 aromatic carbocycles. The molecule has 0 spiro atoms. The fourth-order valence-corrected chi connectivity index (χ4v) is 3.64. The SMILES string of the molecule is C#CCn1c(=NC(=O)c2ccc(OC)cc2OC)sc2cc(F)cc(F)c21. The van der Waals surface area contributed by atoms with Crippen LogP contribution in [0.1, 0.15) is 10.4 Å². The van der Waals surface area contributed by atoms with Crippen LogP contribution < -0.4 is 14.3 Å². The molecule has 0 bridgehead atoms. The number of rotatable bonds is 4. The third kappa shape index (κ3) is 3.55. The molecular weight excluding hydrogens is 374 g/mol. The number of amides is 1. The molecule has 27 heavy (non-hydrogen) atoms. The predicted octanol–water partition coefficient (Wildman–Crippen LogP) is 3.37. The lowest BCUT2D eigenvalue weighted by molar-refractivity contribution is 0.0995. The van der Waals surface area contributed by atoms with Gasteiger partial charge >= 0.3 is 0 Å². The second-order valence-corrected chi connectivity index (χ2v) is 6.40. The van der Waals surface area contributed by atoms with Crippen molar-refractivity contribution in [3.63, 3.8) is 0 Å². The number of thiazole rings is 1. The Balaban J connectivity index is 2.19. The minimum absolute atomic E-state index is 0.0194. The number of ether oxygens (including phenoxy) is 2. The van der Waals surface area contributed by atoms with Gasteiger partial charge in [0.25, 0.3) is 5.91 Å². The molecule has 5 nitrogen and oxygen atoms in total. The van der Waals surface area contributed by atoms with Crippen LogP contribution in [0.4, 0.5) is 8.78 Å². The Morgan fingerprint density at radius 1 is 1.26 bits per heavy atom. The summed E-state index contributed by atoms with van der Waals surface area (Å²) >= 11 is 0.971. The van der Waals surface area contributed by atoms with Crippen molar-refractivity contribution in [3.8, 4) is 23.8 Å². The van der Waals surface area contributed by atoms with Gasteiger partial charge in [-0.2, -0.15) is 4.99 Å². The first-order chi connectivity index (χ1) is 13.0. The summed E-state index contributed by atoms with van der Waals surface area (Å²) in [4.78, 5) is 16.9.